The maximum absolute atomic E-state index is 10.6. The Morgan fingerprint density at radius 3 is 3.12 bits per heavy atom. The normalized spacial score (nSPS) is 43.5. The highest BCUT2D eigenvalue weighted by molar-refractivity contribution is 7.20. The van der Waals surface area contributed by atoms with Gasteiger partial charge in [0.15, 0.2) is 0 Å². The molecule has 2 aliphatic heterocycles. The van der Waals surface area contributed by atoms with Gasteiger partial charge in [0.05, 0.1) is 12.6 Å². The first-order chi connectivity index (χ1) is 7.68. The summed E-state index contributed by atoms with van der Waals surface area (Å²) in [6, 6.07) is -0.319. The van der Waals surface area contributed by atoms with E-state index < -0.39 is 11.7 Å². The molecule has 2 rings (SSSR count). The van der Waals surface area contributed by atoms with Crippen LogP contribution in [0.15, 0.2) is 0 Å². The van der Waals surface area contributed by atoms with Gasteiger partial charge in [0.1, 0.15) is 25.7 Å². The van der Waals surface area contributed by atoms with E-state index in [0.717, 1.165) is 0 Å². The first-order valence-corrected chi connectivity index (χ1v) is 6.35. The molecule has 0 radical (unpaired) electrons. The summed E-state index contributed by atoms with van der Waals surface area (Å²) in [6.45, 7) is 0.472. The van der Waals surface area contributed by atoms with Crippen molar-refractivity contribution in [3.63, 3.8) is 0 Å². The van der Waals surface area contributed by atoms with Gasteiger partial charge in [0, 0.05) is 20.7 Å². The van der Waals surface area contributed by atoms with Gasteiger partial charge in [-0.15, -0.1) is 0 Å². The maximum Gasteiger partial charge on any atom is 0.143 e. The first kappa shape index (κ1) is 12.4. The lowest BCUT2D eigenvalue weighted by Crippen LogP contribution is -2.49. The van der Waals surface area contributed by atoms with Gasteiger partial charge in [0.25, 0.3) is 0 Å². The lowest BCUT2D eigenvalue weighted by atomic mass is 9.77. The van der Waals surface area contributed by atoms with E-state index in [2.05, 4.69) is 5.81 Å². The molecule has 0 aromatic rings. The summed E-state index contributed by atoms with van der Waals surface area (Å²) in [5.41, 5.74) is -1.06. The number of aliphatic hydroxyl groups is 2. The smallest absolute Gasteiger partial charge is 0.143 e. The third kappa shape index (κ3) is 2.15. The van der Waals surface area contributed by atoms with Gasteiger partial charge in [-0.25, -0.2) is 0 Å². The van der Waals surface area contributed by atoms with Gasteiger partial charge < -0.3 is 19.5 Å². The molecule has 5 nitrogen and oxygen atoms in total. The number of hydrogen-bond donors (Lipinski definition) is 2. The van der Waals surface area contributed by atoms with E-state index in [1.165, 1.54) is 0 Å². The molecule has 0 amide bonds. The third-order valence-corrected chi connectivity index (χ3v) is 3.71. The molecule has 0 aromatic heterocycles. The molecule has 0 bridgehead atoms. The molecule has 0 aliphatic carbocycles. The molecule has 2 heterocycles. The fraction of sp³-hybridized carbons (Fsp3) is 0.889. The fourth-order valence-electron chi connectivity index (χ4n) is 2.26. The molecule has 0 spiro atoms. The molecular weight excluding hydrogens is 230 g/mol. The van der Waals surface area contributed by atoms with Crippen LogP contribution in [-0.2, 0) is 14.0 Å². The van der Waals surface area contributed by atoms with Crippen LogP contribution in [0.5, 0.6) is 0 Å². The molecule has 5 atom stereocenters. The molecule has 2 aliphatic rings. The van der Waals surface area contributed by atoms with Crippen molar-refractivity contribution in [2.24, 2.45) is 0 Å². The zero-order chi connectivity index (χ0) is 11.6. The van der Waals surface area contributed by atoms with Crippen molar-refractivity contribution in [1.82, 2.24) is 0 Å². The highest BCUT2D eigenvalue weighted by Crippen LogP contribution is 2.37. The summed E-state index contributed by atoms with van der Waals surface area (Å²) in [4.78, 5) is 0. The molecule has 0 aromatic carbocycles. The zero-order valence-corrected chi connectivity index (χ0v) is 10.2. The fourth-order valence-corrected chi connectivity index (χ4v) is 2.74. The summed E-state index contributed by atoms with van der Waals surface area (Å²) in [5, 5.41) is 19.4. The minimum atomic E-state index is -1.06. The van der Waals surface area contributed by atoms with Gasteiger partial charge in [-0.05, 0) is 12.8 Å². The Balaban J connectivity index is 2.13. The van der Waals surface area contributed by atoms with Gasteiger partial charge >= 0.3 is 0 Å². The Morgan fingerprint density at radius 2 is 2.38 bits per heavy atom. The highest BCUT2D eigenvalue weighted by atomic mass is 31.1. The minimum absolute atomic E-state index is 0.0537. The number of hydrogen-bond acceptors (Lipinski definition) is 5. The first-order valence-electron chi connectivity index (χ1n) is 5.44. The molecule has 16 heavy (non-hydrogen) atoms. The van der Waals surface area contributed by atoms with Crippen molar-refractivity contribution < 1.29 is 24.2 Å². The second kappa shape index (κ2) is 5.07. The van der Waals surface area contributed by atoms with E-state index in [9.17, 15) is 5.11 Å². The van der Waals surface area contributed by atoms with Crippen molar-refractivity contribution in [3.05, 3.63) is 0 Å². The molecule has 3 unspecified atom stereocenters. The van der Waals surface area contributed by atoms with Crippen LogP contribution in [0.4, 0.5) is 0 Å². The van der Waals surface area contributed by atoms with Gasteiger partial charge in [0.2, 0.25) is 0 Å². The van der Waals surface area contributed by atoms with Crippen LogP contribution < -0.4 is 0 Å². The van der Waals surface area contributed by atoms with E-state index in [-0.39, 0.29) is 27.0 Å². The summed E-state index contributed by atoms with van der Waals surface area (Å²) < 4.78 is 16.3. The number of fused-ring (bicyclic) bond motifs is 1. The molecule has 0 saturated carbocycles. The van der Waals surface area contributed by atoms with E-state index >= 15 is 0 Å². The lowest BCUT2D eigenvalue weighted by Gasteiger charge is -2.30. The topological polar surface area (TPSA) is 68.2 Å². The predicted octanol–water partition coefficient (Wildman–Crippen LogP) is -1.23. The van der Waals surface area contributed by atoms with E-state index in [0.29, 0.717) is 19.4 Å². The van der Waals surface area contributed by atoms with E-state index in [4.69, 9.17) is 19.1 Å². The largest absolute Gasteiger partial charge is 0.396 e. The zero-order valence-electron chi connectivity index (χ0n) is 9.18. The third-order valence-electron chi connectivity index (χ3n) is 3.20. The van der Waals surface area contributed by atoms with Crippen molar-refractivity contribution in [3.8, 4) is 5.81 Å². The van der Waals surface area contributed by atoms with E-state index in [1.54, 1.807) is 0 Å². The Hall–Kier alpha value is -0.0551. The average Bonchev–Trinajstić information content (AvgIpc) is 2.48. The van der Waals surface area contributed by atoms with Crippen molar-refractivity contribution >= 4 is 16.1 Å². The SMILES string of the molecule is BC1OC2CO[PH]#CO[C@H]2[C@@]1(O)CCCO. The maximum atomic E-state index is 10.6. The summed E-state index contributed by atoms with van der Waals surface area (Å²) in [5.74, 6) is 2.67. The molecule has 2 N–H and O–H groups in total. The van der Waals surface area contributed by atoms with Crippen molar-refractivity contribution in [1.29, 1.82) is 0 Å². The lowest BCUT2D eigenvalue weighted by molar-refractivity contribution is -0.0650. The van der Waals surface area contributed by atoms with Crippen molar-refractivity contribution in [2.75, 3.05) is 13.2 Å². The average molecular weight is 246 g/mol. The summed E-state index contributed by atoms with van der Waals surface area (Å²) in [6.07, 6.45) is 0.293. The van der Waals surface area contributed by atoms with Crippen LogP contribution in [0, 0.1) is 5.81 Å². The van der Waals surface area contributed by atoms with Gasteiger partial charge in [-0.1, -0.05) is 0 Å². The Morgan fingerprint density at radius 1 is 1.56 bits per heavy atom. The van der Waals surface area contributed by atoms with Crippen LogP contribution in [0.1, 0.15) is 12.8 Å². The highest BCUT2D eigenvalue weighted by Gasteiger charge is 2.54. The monoisotopic (exact) mass is 246 g/mol. The molecule has 1 saturated heterocycles. The van der Waals surface area contributed by atoms with Crippen molar-refractivity contribution in [2.45, 2.75) is 36.7 Å². The second-order valence-corrected chi connectivity index (χ2v) is 4.89. The standard InChI is InChI=1S/C9H16BO5P/c10-8-9(12,2-1-3-11)7-6(15-8)4-14-16-5-13-7/h6-8,11-12,16H,1-4,10H2/t6?,7-,8?,9+/m1/s1. The molecular formula is C9H16BO5P. The van der Waals surface area contributed by atoms with Gasteiger partial charge in [-0.3, -0.25) is 4.74 Å². The van der Waals surface area contributed by atoms with Crippen LogP contribution >= 0.6 is 8.26 Å². The van der Waals surface area contributed by atoms with E-state index in [1.807, 2.05) is 7.85 Å². The quantitative estimate of drug-likeness (QED) is 0.482. The summed E-state index contributed by atoms with van der Waals surface area (Å²) >= 11 is 0. The number of rotatable bonds is 3. The van der Waals surface area contributed by atoms with Crippen LogP contribution in [-0.4, -0.2) is 55.1 Å². The van der Waals surface area contributed by atoms with Crippen LogP contribution in [0.25, 0.3) is 0 Å². The molecule has 90 valence electrons. The number of ether oxygens (including phenoxy) is 2. The molecule has 1 fully saturated rings. The van der Waals surface area contributed by atoms with Crippen LogP contribution in [0.2, 0.25) is 0 Å². The Labute approximate surface area is 96.6 Å². The minimum Gasteiger partial charge on any atom is -0.396 e. The Kier molecular flexibility index (Phi) is 3.93. The van der Waals surface area contributed by atoms with Crippen LogP contribution in [0.3, 0.4) is 0 Å². The van der Waals surface area contributed by atoms with Gasteiger partial charge in [-0.2, -0.15) is 0 Å². The molecule has 7 heteroatoms. The number of aliphatic hydroxyl groups excluding tert-OH is 1. The Bertz CT molecular complexity index is 317. The predicted molar refractivity (Wildman–Crippen MR) is 61.5 cm³/mol. The second-order valence-electron chi connectivity index (χ2n) is 4.19. The summed E-state index contributed by atoms with van der Waals surface area (Å²) in [7, 11) is 1.88.